The molecule has 0 bridgehead atoms. The van der Waals surface area contributed by atoms with Crippen molar-refractivity contribution in [2.75, 3.05) is 5.32 Å². The Morgan fingerprint density at radius 2 is 2.00 bits per heavy atom. The lowest BCUT2D eigenvalue weighted by Gasteiger charge is -2.14. The smallest absolute Gasteiger partial charge is 0.256 e. The summed E-state index contributed by atoms with van der Waals surface area (Å²) in [7, 11) is 0. The van der Waals surface area contributed by atoms with Crippen molar-refractivity contribution in [1.82, 2.24) is 9.97 Å². The average Bonchev–Trinajstić information content (AvgIpc) is 3.32. The number of aromatic nitrogens is 2. The van der Waals surface area contributed by atoms with Crippen molar-refractivity contribution in [2.45, 2.75) is 25.1 Å². The van der Waals surface area contributed by atoms with Crippen LogP contribution in [0.3, 0.4) is 0 Å². The van der Waals surface area contributed by atoms with Gasteiger partial charge in [-0.1, -0.05) is 23.9 Å². The zero-order chi connectivity index (χ0) is 18.8. The van der Waals surface area contributed by atoms with Crippen LogP contribution in [0.4, 0.5) is 5.69 Å². The molecule has 1 amide bonds. The van der Waals surface area contributed by atoms with E-state index >= 15 is 0 Å². The third kappa shape index (κ3) is 3.64. The molecular weight excluding hydrogens is 360 g/mol. The fourth-order valence-corrected chi connectivity index (χ4v) is 4.19. The van der Waals surface area contributed by atoms with Crippen molar-refractivity contribution in [3.63, 3.8) is 0 Å². The van der Waals surface area contributed by atoms with Gasteiger partial charge in [0.2, 0.25) is 0 Å². The minimum absolute atomic E-state index is 0.122. The van der Waals surface area contributed by atoms with E-state index in [0.29, 0.717) is 11.5 Å². The topological polar surface area (TPSA) is 80.4 Å². The summed E-state index contributed by atoms with van der Waals surface area (Å²) >= 11 is 1.65. The number of hydrogen-bond donors (Lipinski definition) is 1. The van der Waals surface area contributed by atoms with E-state index in [4.69, 9.17) is 4.42 Å². The van der Waals surface area contributed by atoms with Crippen molar-refractivity contribution in [3.8, 4) is 0 Å². The third-order valence-corrected chi connectivity index (χ3v) is 5.80. The Kier molecular flexibility index (Phi) is 4.77. The van der Waals surface area contributed by atoms with Crippen LogP contribution in [0, 0.1) is 6.92 Å². The van der Waals surface area contributed by atoms with Gasteiger partial charge in [-0.25, -0.2) is 4.98 Å². The predicted octanol–water partition coefficient (Wildman–Crippen LogP) is 4.25. The highest BCUT2D eigenvalue weighted by Gasteiger charge is 2.30. The zero-order valence-electron chi connectivity index (χ0n) is 14.9. The van der Waals surface area contributed by atoms with Crippen LogP contribution in [0.15, 0.2) is 64.6 Å². The number of rotatable bonds is 4. The Labute approximate surface area is 161 Å². The fraction of sp³-hybridized carbons (Fsp3) is 0.200. The summed E-state index contributed by atoms with van der Waals surface area (Å²) in [4.78, 5) is 25.3. The van der Waals surface area contributed by atoms with Gasteiger partial charge in [-0.05, 0) is 43.2 Å². The summed E-state index contributed by atoms with van der Waals surface area (Å²) in [6.45, 7) is 3.95. The molecule has 2 aromatic heterocycles. The second-order valence-corrected chi connectivity index (χ2v) is 7.45. The summed E-state index contributed by atoms with van der Waals surface area (Å²) in [6, 6.07) is 9.73. The number of oxazole rings is 1. The number of benzene rings is 1. The number of amides is 1. The molecule has 7 heteroatoms. The molecule has 3 heterocycles. The molecule has 0 saturated heterocycles. The molecule has 0 aliphatic carbocycles. The number of anilines is 1. The van der Waals surface area contributed by atoms with Crippen LogP contribution < -0.4 is 5.32 Å². The second kappa shape index (κ2) is 7.36. The predicted molar refractivity (Wildman–Crippen MR) is 106 cm³/mol. The van der Waals surface area contributed by atoms with E-state index in [2.05, 4.69) is 27.2 Å². The number of aryl methyl sites for hydroxylation is 1. The van der Waals surface area contributed by atoms with Gasteiger partial charge in [-0.15, -0.1) is 0 Å². The number of thioether (sulfide) groups is 1. The fourth-order valence-electron chi connectivity index (χ4n) is 2.97. The van der Waals surface area contributed by atoms with Gasteiger partial charge in [0.05, 0.1) is 17.5 Å². The quantitative estimate of drug-likeness (QED) is 0.734. The lowest BCUT2D eigenvalue weighted by Crippen LogP contribution is -2.13. The van der Waals surface area contributed by atoms with Gasteiger partial charge in [-0.2, -0.15) is 0 Å². The molecule has 1 aliphatic heterocycles. The molecule has 2 unspecified atom stereocenters. The Balaban J connectivity index is 1.45. The van der Waals surface area contributed by atoms with Gasteiger partial charge in [0.15, 0.2) is 5.04 Å². The van der Waals surface area contributed by atoms with E-state index in [9.17, 15) is 4.79 Å². The van der Waals surface area contributed by atoms with Crippen LogP contribution in [0.1, 0.15) is 39.5 Å². The van der Waals surface area contributed by atoms with Crippen molar-refractivity contribution < 1.29 is 9.21 Å². The molecule has 4 rings (SSSR count). The third-order valence-electron chi connectivity index (χ3n) is 4.37. The molecule has 1 N–H and O–H groups in total. The van der Waals surface area contributed by atoms with Gasteiger partial charge in [-0.3, -0.25) is 14.8 Å². The summed E-state index contributed by atoms with van der Waals surface area (Å²) in [5, 5.41) is 3.95. The van der Waals surface area contributed by atoms with Gasteiger partial charge in [0, 0.05) is 23.6 Å². The van der Waals surface area contributed by atoms with E-state index in [1.54, 1.807) is 42.7 Å². The highest BCUT2D eigenvalue weighted by molar-refractivity contribution is 8.14. The highest BCUT2D eigenvalue weighted by Crippen LogP contribution is 2.41. The number of nitrogens with zero attached hydrogens (tertiary/aromatic N) is 3. The van der Waals surface area contributed by atoms with Gasteiger partial charge in [0.1, 0.15) is 6.26 Å². The number of nitrogens with one attached hydrogen (secondary N) is 1. The molecule has 0 radical (unpaired) electrons. The maximum absolute atomic E-state index is 12.4. The maximum Gasteiger partial charge on any atom is 0.256 e. The van der Waals surface area contributed by atoms with E-state index in [1.165, 1.54) is 0 Å². The first-order valence-electron chi connectivity index (χ1n) is 8.58. The first kappa shape index (κ1) is 17.5. The first-order chi connectivity index (χ1) is 13.1. The van der Waals surface area contributed by atoms with Gasteiger partial charge in [0.25, 0.3) is 11.8 Å². The van der Waals surface area contributed by atoms with E-state index in [-0.39, 0.29) is 17.2 Å². The second-order valence-electron chi connectivity index (χ2n) is 6.32. The standard InChI is InChI=1S/C20H18N4O2S/c1-12-11-21-8-7-16(12)18(25)24-15-5-3-14(4-6-15)17-13(2)23-20(27-17)19-22-9-10-26-19/h3-11,13,17H,1-2H3,(H,24,25). The lowest BCUT2D eigenvalue weighted by molar-refractivity contribution is 0.102. The summed E-state index contributed by atoms with van der Waals surface area (Å²) in [5.74, 6) is 0.423. The Hall–Kier alpha value is -2.93. The van der Waals surface area contributed by atoms with Gasteiger partial charge < -0.3 is 9.73 Å². The average molecular weight is 378 g/mol. The van der Waals surface area contributed by atoms with Crippen LogP contribution >= 0.6 is 11.8 Å². The Morgan fingerprint density at radius 1 is 1.19 bits per heavy atom. The molecule has 27 heavy (non-hydrogen) atoms. The van der Waals surface area contributed by atoms with Crippen LogP contribution in [-0.4, -0.2) is 27.0 Å². The van der Waals surface area contributed by atoms with E-state index < -0.39 is 0 Å². The summed E-state index contributed by atoms with van der Waals surface area (Å²) in [5.41, 5.74) is 3.37. The molecule has 136 valence electrons. The number of carbonyl (C=O) groups excluding carboxylic acids is 1. The van der Waals surface area contributed by atoms with Crippen molar-refractivity contribution >= 4 is 28.4 Å². The zero-order valence-corrected chi connectivity index (χ0v) is 15.7. The highest BCUT2D eigenvalue weighted by atomic mass is 32.2. The van der Waals surface area contributed by atoms with Crippen LogP contribution in [0.5, 0.6) is 0 Å². The molecule has 1 aromatic carbocycles. The molecule has 0 fully saturated rings. The molecule has 0 saturated carbocycles. The van der Waals surface area contributed by atoms with Crippen molar-refractivity contribution in [1.29, 1.82) is 0 Å². The summed E-state index contributed by atoms with van der Waals surface area (Å²) < 4.78 is 5.35. The summed E-state index contributed by atoms with van der Waals surface area (Å²) in [6.07, 6.45) is 6.48. The molecule has 2 atom stereocenters. The SMILES string of the molecule is Cc1cnccc1C(=O)Nc1ccc(C2SC(c3ncco3)=NC2C)cc1. The molecular formula is C20H18N4O2S. The molecule has 3 aromatic rings. The van der Waals surface area contributed by atoms with Crippen molar-refractivity contribution in [2.24, 2.45) is 4.99 Å². The van der Waals surface area contributed by atoms with E-state index in [0.717, 1.165) is 21.9 Å². The maximum atomic E-state index is 12.4. The van der Waals surface area contributed by atoms with Crippen LogP contribution in [-0.2, 0) is 0 Å². The monoisotopic (exact) mass is 378 g/mol. The number of hydrogen-bond acceptors (Lipinski definition) is 6. The molecule has 6 nitrogen and oxygen atoms in total. The van der Waals surface area contributed by atoms with Crippen LogP contribution in [0.25, 0.3) is 0 Å². The number of aliphatic imine (C=N–C) groups is 1. The van der Waals surface area contributed by atoms with Crippen LogP contribution in [0.2, 0.25) is 0 Å². The molecule has 0 spiro atoms. The number of pyridine rings is 1. The lowest BCUT2D eigenvalue weighted by atomic mass is 10.1. The molecule has 1 aliphatic rings. The minimum atomic E-state index is -0.138. The van der Waals surface area contributed by atoms with Gasteiger partial charge >= 0.3 is 0 Å². The Morgan fingerprint density at radius 3 is 2.70 bits per heavy atom. The minimum Gasteiger partial charge on any atom is -0.443 e. The van der Waals surface area contributed by atoms with E-state index in [1.807, 2.05) is 31.2 Å². The van der Waals surface area contributed by atoms with Crippen molar-refractivity contribution in [3.05, 3.63) is 77.8 Å². The number of carbonyl (C=O) groups is 1. The normalized spacial score (nSPS) is 19.0. The Bertz CT molecular complexity index is 983. The first-order valence-corrected chi connectivity index (χ1v) is 9.46. The largest absolute Gasteiger partial charge is 0.443 e.